The maximum atomic E-state index is 13.8. The minimum Gasteiger partial charge on any atom is -0.462 e. The van der Waals surface area contributed by atoms with Gasteiger partial charge in [-0.05, 0) is 18.6 Å². The van der Waals surface area contributed by atoms with Crippen LogP contribution in [0.5, 0.6) is 0 Å². The topological polar surface area (TPSA) is 78.1 Å². The summed E-state index contributed by atoms with van der Waals surface area (Å²) < 4.78 is 18.6. The van der Waals surface area contributed by atoms with E-state index in [2.05, 4.69) is 9.97 Å². The van der Waals surface area contributed by atoms with Crippen molar-refractivity contribution in [2.45, 2.75) is 13.3 Å². The summed E-state index contributed by atoms with van der Waals surface area (Å²) in [4.78, 5) is 19.6. The van der Waals surface area contributed by atoms with Gasteiger partial charge in [-0.3, -0.25) is 0 Å². The Morgan fingerprint density at radius 1 is 1.48 bits per heavy atom. The van der Waals surface area contributed by atoms with Gasteiger partial charge in [0.2, 0.25) is 0 Å². The number of benzene rings is 1. The highest BCUT2D eigenvalue weighted by Crippen LogP contribution is 2.20. The van der Waals surface area contributed by atoms with Crippen LogP contribution in [0.25, 0.3) is 0 Å². The Bertz CT molecular complexity index is 679. The molecule has 2 N–H and O–H groups in total. The second kappa shape index (κ2) is 6.49. The number of esters is 1. The zero-order valence-electron chi connectivity index (χ0n) is 11.3. The van der Waals surface area contributed by atoms with Gasteiger partial charge in [-0.2, -0.15) is 0 Å². The fourth-order valence-corrected chi connectivity index (χ4v) is 1.93. The van der Waals surface area contributed by atoms with Gasteiger partial charge in [-0.1, -0.05) is 23.7 Å². The van der Waals surface area contributed by atoms with Crippen molar-refractivity contribution in [3.8, 4) is 0 Å². The molecule has 1 heterocycles. The van der Waals surface area contributed by atoms with Gasteiger partial charge in [0.25, 0.3) is 0 Å². The number of rotatable bonds is 4. The van der Waals surface area contributed by atoms with Crippen molar-refractivity contribution >= 4 is 23.4 Å². The molecule has 1 aromatic heterocycles. The second-order valence-electron chi connectivity index (χ2n) is 4.20. The Morgan fingerprint density at radius 3 is 2.90 bits per heavy atom. The number of nitrogens with two attached hydrogens (primary N) is 1. The number of anilines is 1. The number of aromatic nitrogens is 2. The van der Waals surface area contributed by atoms with Gasteiger partial charge in [-0.25, -0.2) is 19.2 Å². The molecule has 5 nitrogen and oxygen atoms in total. The van der Waals surface area contributed by atoms with Crippen LogP contribution in [0.4, 0.5) is 10.2 Å². The Morgan fingerprint density at radius 2 is 2.24 bits per heavy atom. The number of hydrogen-bond acceptors (Lipinski definition) is 5. The first kappa shape index (κ1) is 15.2. The van der Waals surface area contributed by atoms with Crippen molar-refractivity contribution < 1.29 is 13.9 Å². The molecule has 0 radical (unpaired) electrons. The Hall–Kier alpha value is -2.21. The van der Waals surface area contributed by atoms with Crippen LogP contribution in [-0.2, 0) is 11.2 Å². The lowest BCUT2D eigenvalue weighted by Gasteiger charge is -2.07. The fraction of sp³-hybridized carbons (Fsp3) is 0.214. The minimum atomic E-state index is -0.588. The molecule has 21 heavy (non-hydrogen) atoms. The molecule has 0 bridgehead atoms. The van der Waals surface area contributed by atoms with Gasteiger partial charge < -0.3 is 10.5 Å². The van der Waals surface area contributed by atoms with E-state index in [4.69, 9.17) is 22.1 Å². The molecule has 110 valence electrons. The number of nitrogen functional groups attached to an aromatic ring is 1. The normalized spacial score (nSPS) is 10.4. The van der Waals surface area contributed by atoms with Gasteiger partial charge in [0.15, 0.2) is 0 Å². The third kappa shape index (κ3) is 3.46. The Kier molecular flexibility index (Phi) is 4.70. The third-order valence-corrected chi connectivity index (χ3v) is 3.04. The van der Waals surface area contributed by atoms with Crippen molar-refractivity contribution in [2.75, 3.05) is 12.3 Å². The van der Waals surface area contributed by atoms with E-state index in [0.717, 1.165) is 0 Å². The van der Waals surface area contributed by atoms with Gasteiger partial charge >= 0.3 is 5.97 Å². The zero-order valence-corrected chi connectivity index (χ0v) is 12.0. The quantitative estimate of drug-likeness (QED) is 0.878. The summed E-state index contributed by atoms with van der Waals surface area (Å²) in [6, 6.07) is 4.68. The van der Waals surface area contributed by atoms with E-state index in [9.17, 15) is 9.18 Å². The average Bonchev–Trinajstić information content (AvgIpc) is 2.44. The summed E-state index contributed by atoms with van der Waals surface area (Å²) in [5.74, 6) is -0.811. The molecule has 2 rings (SSSR count). The number of nitrogens with zero attached hydrogens (tertiary/aromatic N) is 2. The number of halogens is 2. The second-order valence-corrected chi connectivity index (χ2v) is 4.60. The van der Waals surface area contributed by atoms with E-state index in [-0.39, 0.29) is 29.4 Å². The van der Waals surface area contributed by atoms with Crippen molar-refractivity contribution in [3.63, 3.8) is 0 Å². The standard InChI is InChI=1S/C14H13ClFN3O2/c1-2-21-14(20)9-7-18-11(19-13(9)17)6-8-4-3-5-10(15)12(8)16/h3-5,7H,2,6H2,1H3,(H2,17,18,19). The van der Waals surface area contributed by atoms with Crippen LogP contribution in [0.15, 0.2) is 24.4 Å². The van der Waals surface area contributed by atoms with Crippen LogP contribution >= 0.6 is 11.6 Å². The van der Waals surface area contributed by atoms with E-state index in [1.165, 1.54) is 12.3 Å². The van der Waals surface area contributed by atoms with E-state index < -0.39 is 11.8 Å². The van der Waals surface area contributed by atoms with E-state index >= 15 is 0 Å². The van der Waals surface area contributed by atoms with E-state index in [1.54, 1.807) is 19.1 Å². The lowest BCUT2D eigenvalue weighted by Crippen LogP contribution is -2.12. The Balaban J connectivity index is 2.24. The van der Waals surface area contributed by atoms with Crippen LogP contribution in [-0.4, -0.2) is 22.5 Å². The lowest BCUT2D eigenvalue weighted by atomic mass is 10.1. The highest BCUT2D eigenvalue weighted by atomic mass is 35.5. The van der Waals surface area contributed by atoms with Crippen molar-refractivity contribution in [1.82, 2.24) is 9.97 Å². The number of hydrogen-bond donors (Lipinski definition) is 1. The van der Waals surface area contributed by atoms with Crippen LogP contribution in [0.2, 0.25) is 5.02 Å². The molecule has 0 fully saturated rings. The molecular formula is C14H13ClFN3O2. The fourth-order valence-electron chi connectivity index (χ4n) is 1.74. The summed E-state index contributed by atoms with van der Waals surface area (Å²) in [5, 5.41) is 0.0311. The smallest absolute Gasteiger partial charge is 0.343 e. The minimum absolute atomic E-state index is 0.000821. The predicted octanol–water partition coefficient (Wildman–Crippen LogP) is 2.62. The number of carbonyl (C=O) groups excluding carboxylic acids is 1. The van der Waals surface area contributed by atoms with E-state index in [1.807, 2.05) is 0 Å². The van der Waals surface area contributed by atoms with Crippen molar-refractivity contribution in [3.05, 3.63) is 52.2 Å². The van der Waals surface area contributed by atoms with Crippen LogP contribution < -0.4 is 5.73 Å². The molecule has 0 aliphatic carbocycles. The first-order chi connectivity index (χ1) is 10.0. The molecule has 0 aliphatic heterocycles. The predicted molar refractivity (Wildman–Crippen MR) is 76.6 cm³/mol. The Labute approximate surface area is 125 Å². The summed E-state index contributed by atoms with van der Waals surface area (Å²) in [7, 11) is 0. The van der Waals surface area contributed by atoms with Gasteiger partial charge in [0.1, 0.15) is 23.0 Å². The molecule has 2 aromatic rings. The molecule has 7 heteroatoms. The van der Waals surface area contributed by atoms with Crippen molar-refractivity contribution in [1.29, 1.82) is 0 Å². The summed E-state index contributed by atoms with van der Waals surface area (Å²) >= 11 is 5.71. The summed E-state index contributed by atoms with van der Waals surface area (Å²) in [5.41, 5.74) is 6.14. The first-order valence-electron chi connectivity index (χ1n) is 6.24. The first-order valence-corrected chi connectivity index (χ1v) is 6.62. The molecule has 0 saturated heterocycles. The molecule has 0 unspecified atom stereocenters. The largest absolute Gasteiger partial charge is 0.462 e. The van der Waals surface area contributed by atoms with Gasteiger partial charge in [0, 0.05) is 12.6 Å². The monoisotopic (exact) mass is 309 g/mol. The molecule has 0 amide bonds. The molecule has 1 aromatic carbocycles. The van der Waals surface area contributed by atoms with E-state index in [0.29, 0.717) is 11.4 Å². The van der Waals surface area contributed by atoms with Gasteiger partial charge in [0.05, 0.1) is 11.6 Å². The van der Waals surface area contributed by atoms with Gasteiger partial charge in [-0.15, -0.1) is 0 Å². The summed E-state index contributed by atoms with van der Waals surface area (Å²) in [6.07, 6.45) is 1.40. The maximum Gasteiger partial charge on any atom is 0.343 e. The zero-order chi connectivity index (χ0) is 15.4. The van der Waals surface area contributed by atoms with Crippen LogP contribution in [0.3, 0.4) is 0 Å². The van der Waals surface area contributed by atoms with Crippen molar-refractivity contribution in [2.24, 2.45) is 0 Å². The highest BCUT2D eigenvalue weighted by Gasteiger charge is 2.15. The van der Waals surface area contributed by atoms with Crippen LogP contribution in [0.1, 0.15) is 28.7 Å². The molecular weight excluding hydrogens is 297 g/mol. The average molecular weight is 310 g/mol. The number of carbonyl (C=O) groups is 1. The molecule has 0 aliphatic rings. The maximum absolute atomic E-state index is 13.8. The molecule has 0 atom stereocenters. The molecule has 0 saturated carbocycles. The third-order valence-electron chi connectivity index (χ3n) is 2.74. The highest BCUT2D eigenvalue weighted by molar-refractivity contribution is 6.30. The SMILES string of the molecule is CCOC(=O)c1cnc(Cc2cccc(Cl)c2F)nc1N. The lowest BCUT2D eigenvalue weighted by molar-refractivity contribution is 0.0526. The molecule has 0 spiro atoms. The summed E-state index contributed by atoms with van der Waals surface area (Å²) in [6.45, 7) is 1.92. The van der Waals surface area contributed by atoms with Crippen LogP contribution in [0, 0.1) is 5.82 Å². The number of ether oxygens (including phenoxy) is 1.